The van der Waals surface area contributed by atoms with Crippen LogP contribution in [-0.2, 0) is 28.5 Å². The number of esters is 1. The van der Waals surface area contributed by atoms with Crippen LogP contribution >= 0.6 is 0 Å². The van der Waals surface area contributed by atoms with E-state index in [1.807, 2.05) is 20.8 Å². The predicted molar refractivity (Wildman–Crippen MR) is 107 cm³/mol. The number of hydrogen-bond acceptors (Lipinski definition) is 8. The molecule has 0 spiro atoms. The van der Waals surface area contributed by atoms with Crippen molar-refractivity contribution in [1.29, 1.82) is 0 Å². The molecule has 0 bridgehead atoms. The van der Waals surface area contributed by atoms with Crippen molar-refractivity contribution in [2.75, 3.05) is 6.61 Å². The van der Waals surface area contributed by atoms with Crippen LogP contribution in [0.1, 0.15) is 47.8 Å². The van der Waals surface area contributed by atoms with Crippen LogP contribution in [0.4, 0.5) is 0 Å². The van der Waals surface area contributed by atoms with Gasteiger partial charge in [-0.25, -0.2) is 9.59 Å². The quantitative estimate of drug-likeness (QED) is 0.551. The number of H-pyrrole nitrogens is 1. The van der Waals surface area contributed by atoms with E-state index < -0.39 is 65.3 Å². The summed E-state index contributed by atoms with van der Waals surface area (Å²) < 4.78 is 30.3. The van der Waals surface area contributed by atoms with E-state index in [0.29, 0.717) is 0 Å². The number of aromatic amines is 1. The minimum absolute atomic E-state index is 0.109. The molecule has 31 heavy (non-hydrogen) atoms. The molecule has 1 aromatic heterocycles. The third-order valence-corrected chi connectivity index (χ3v) is 5.05. The van der Waals surface area contributed by atoms with Crippen LogP contribution in [0.3, 0.4) is 0 Å². The number of quaternary nitrogens is 1. The molecule has 2 aliphatic heterocycles. The highest BCUT2D eigenvalue weighted by molar-refractivity contribution is 5.74. The van der Waals surface area contributed by atoms with Crippen molar-refractivity contribution >= 4 is 5.97 Å². The Bertz CT molecular complexity index is 918. The molecule has 0 unspecified atom stereocenters. The number of nitrogens with zero attached hydrogens (tertiary/aromatic N) is 1. The number of ether oxygens (including phenoxy) is 5. The fraction of sp³-hybridized carbons (Fsp3) is 0.750. The van der Waals surface area contributed by atoms with Crippen molar-refractivity contribution in [3.8, 4) is 0 Å². The predicted octanol–water partition coefficient (Wildman–Crippen LogP) is -0.689. The van der Waals surface area contributed by atoms with E-state index in [1.165, 1.54) is 16.8 Å². The smallest absolute Gasteiger partial charge is 0.367 e. The van der Waals surface area contributed by atoms with Crippen molar-refractivity contribution in [3.63, 3.8) is 0 Å². The van der Waals surface area contributed by atoms with Crippen LogP contribution in [0.2, 0.25) is 0 Å². The molecule has 1 aromatic rings. The minimum Gasteiger partial charge on any atom is -0.458 e. The zero-order valence-electron chi connectivity index (χ0n) is 18.7. The monoisotopic (exact) mass is 442 g/mol. The van der Waals surface area contributed by atoms with Gasteiger partial charge in [-0.2, -0.15) is 0 Å². The van der Waals surface area contributed by atoms with Crippen LogP contribution in [0.5, 0.6) is 0 Å². The Kier molecular flexibility index (Phi) is 6.45. The first-order valence-electron chi connectivity index (χ1n) is 10.3. The van der Waals surface area contributed by atoms with E-state index in [9.17, 15) is 14.4 Å². The largest absolute Gasteiger partial charge is 0.458 e. The third kappa shape index (κ3) is 5.42. The fourth-order valence-corrected chi connectivity index (χ4v) is 3.75. The molecule has 4 N–H and O–H groups in total. The maximum Gasteiger partial charge on any atom is 0.367 e. The van der Waals surface area contributed by atoms with Gasteiger partial charge in [0.2, 0.25) is 6.04 Å². The number of carbonyl (C=O) groups is 1. The molecule has 11 nitrogen and oxygen atoms in total. The lowest BCUT2D eigenvalue weighted by Gasteiger charge is -2.27. The first-order valence-corrected chi connectivity index (χ1v) is 10.3. The first kappa shape index (κ1) is 23.6. The van der Waals surface area contributed by atoms with Gasteiger partial charge in [0, 0.05) is 12.3 Å². The maximum atomic E-state index is 12.5. The molecule has 2 aliphatic rings. The van der Waals surface area contributed by atoms with Gasteiger partial charge in [0.15, 0.2) is 12.0 Å². The van der Waals surface area contributed by atoms with Gasteiger partial charge in [0.05, 0.1) is 5.60 Å². The zero-order valence-corrected chi connectivity index (χ0v) is 18.7. The molecule has 11 heteroatoms. The first-order chi connectivity index (χ1) is 14.3. The van der Waals surface area contributed by atoms with Gasteiger partial charge >= 0.3 is 11.7 Å². The molecule has 0 amide bonds. The number of nitrogens with one attached hydrogen (secondary N) is 1. The standard InChI is InChI=1S/C20H31N3O8/c1-10(29-19(2,3)4)13(21)17(25)27-9-11-14-15(31-20(5,6)30-14)16(28-11)23-8-7-12(24)22-18(23)26/h7-8,10-11,13-16H,9,21H2,1-6H3,(H,22,24,26)/p+1/t10-,11-,13+,14-,15-,16-/m1/s1. The Morgan fingerprint density at radius 1 is 1.29 bits per heavy atom. The second kappa shape index (κ2) is 8.47. The second-order valence-corrected chi connectivity index (χ2v) is 9.32. The molecule has 3 rings (SSSR count). The molecule has 3 heterocycles. The van der Waals surface area contributed by atoms with Gasteiger partial charge < -0.3 is 29.4 Å². The van der Waals surface area contributed by atoms with Crippen LogP contribution in [0.15, 0.2) is 21.9 Å². The Morgan fingerprint density at radius 2 is 1.94 bits per heavy atom. The molecule has 0 saturated carbocycles. The van der Waals surface area contributed by atoms with Crippen molar-refractivity contribution in [2.24, 2.45) is 0 Å². The maximum absolute atomic E-state index is 12.5. The molecule has 0 radical (unpaired) electrons. The lowest BCUT2D eigenvalue weighted by atomic mass is 10.1. The van der Waals surface area contributed by atoms with E-state index in [2.05, 4.69) is 10.7 Å². The van der Waals surface area contributed by atoms with E-state index in [4.69, 9.17) is 23.7 Å². The Hall–Kier alpha value is -2.05. The van der Waals surface area contributed by atoms with Crippen LogP contribution in [0.25, 0.3) is 0 Å². The molecular weight excluding hydrogens is 410 g/mol. The Labute approximate surface area is 179 Å². The summed E-state index contributed by atoms with van der Waals surface area (Å²) in [6.45, 7) is 10.8. The molecule has 0 aliphatic carbocycles. The van der Waals surface area contributed by atoms with Crippen LogP contribution < -0.4 is 17.0 Å². The van der Waals surface area contributed by atoms with E-state index >= 15 is 0 Å². The molecule has 0 aromatic carbocycles. The summed E-state index contributed by atoms with van der Waals surface area (Å²) in [5.74, 6) is -1.44. The van der Waals surface area contributed by atoms with Crippen LogP contribution in [0, 0.1) is 0 Å². The van der Waals surface area contributed by atoms with Gasteiger partial charge in [-0.3, -0.25) is 14.3 Å². The summed E-state index contributed by atoms with van der Waals surface area (Å²) in [4.78, 5) is 38.3. The summed E-state index contributed by atoms with van der Waals surface area (Å²) in [5.41, 5.74) is 2.30. The molecule has 174 valence electrons. The number of fused-ring (bicyclic) bond motifs is 1. The number of aromatic nitrogens is 2. The lowest BCUT2D eigenvalue weighted by Crippen LogP contribution is -2.71. The minimum atomic E-state index is -0.907. The molecule has 6 atom stereocenters. The third-order valence-electron chi connectivity index (χ3n) is 5.05. The number of hydrogen-bond donors (Lipinski definition) is 2. The summed E-state index contributed by atoms with van der Waals surface area (Å²) in [5, 5.41) is 0. The van der Waals surface area contributed by atoms with E-state index in [-0.39, 0.29) is 6.61 Å². The molecule has 2 fully saturated rings. The number of carbonyl (C=O) groups excluding carboxylic acids is 1. The average molecular weight is 442 g/mol. The van der Waals surface area contributed by atoms with Crippen molar-refractivity contribution in [2.45, 2.75) is 89.6 Å². The Balaban J connectivity index is 1.71. The molecule has 2 saturated heterocycles. The molecular formula is C20H32N3O8+. The van der Waals surface area contributed by atoms with Crippen molar-refractivity contribution in [3.05, 3.63) is 33.1 Å². The fourth-order valence-electron chi connectivity index (χ4n) is 3.75. The number of rotatable bonds is 6. The average Bonchev–Trinajstić information content (AvgIpc) is 3.11. The highest BCUT2D eigenvalue weighted by atomic mass is 16.8. The van der Waals surface area contributed by atoms with Gasteiger partial charge in [-0.15, -0.1) is 0 Å². The summed E-state index contributed by atoms with van der Waals surface area (Å²) in [6.07, 6.45) is -1.82. The van der Waals surface area contributed by atoms with Gasteiger partial charge in [-0.05, 0) is 41.5 Å². The topological polar surface area (TPSA) is 146 Å². The normalized spacial score (nSPS) is 29.4. The summed E-state index contributed by atoms with van der Waals surface area (Å²) >= 11 is 0. The second-order valence-electron chi connectivity index (χ2n) is 9.32. The highest BCUT2D eigenvalue weighted by Gasteiger charge is 2.56. The van der Waals surface area contributed by atoms with Gasteiger partial charge in [0.25, 0.3) is 5.56 Å². The van der Waals surface area contributed by atoms with Crippen molar-refractivity contribution in [1.82, 2.24) is 9.55 Å². The lowest BCUT2D eigenvalue weighted by molar-refractivity contribution is -0.429. The van der Waals surface area contributed by atoms with E-state index in [0.717, 1.165) is 0 Å². The zero-order chi connectivity index (χ0) is 23.1. The summed E-state index contributed by atoms with van der Waals surface area (Å²) in [7, 11) is 0. The Morgan fingerprint density at radius 3 is 2.55 bits per heavy atom. The van der Waals surface area contributed by atoms with E-state index in [1.54, 1.807) is 20.8 Å². The summed E-state index contributed by atoms with van der Waals surface area (Å²) in [6, 6.07) is 0.490. The SMILES string of the molecule is C[C@@H](OC(C)(C)C)[C@H]([NH3+])C(=O)OC[C@H]1O[C@@H](n2ccc(=O)[nH]c2=O)[C@@H]2OC(C)(C)O[C@@H]21. The van der Waals surface area contributed by atoms with Crippen LogP contribution in [-0.4, -0.2) is 64.0 Å². The van der Waals surface area contributed by atoms with Gasteiger partial charge in [0.1, 0.15) is 31.0 Å². The highest BCUT2D eigenvalue weighted by Crippen LogP contribution is 2.42. The van der Waals surface area contributed by atoms with Gasteiger partial charge in [-0.1, -0.05) is 0 Å². The van der Waals surface area contributed by atoms with Crippen molar-refractivity contribution < 1.29 is 34.2 Å².